The molecular formula is C13H16N4O2S2. The molecule has 0 saturated carbocycles. The lowest BCUT2D eigenvalue weighted by molar-refractivity contribution is 0.0753. The molecule has 0 unspecified atom stereocenters. The Bertz CT molecular complexity index is 569. The van der Waals surface area contributed by atoms with Gasteiger partial charge in [-0.2, -0.15) is 0 Å². The van der Waals surface area contributed by atoms with Crippen molar-refractivity contribution in [3.63, 3.8) is 0 Å². The summed E-state index contributed by atoms with van der Waals surface area (Å²) in [7, 11) is 0. The van der Waals surface area contributed by atoms with E-state index in [1.165, 1.54) is 11.5 Å². The Morgan fingerprint density at radius 3 is 2.38 bits per heavy atom. The number of hydrogen-bond acceptors (Lipinski definition) is 6. The van der Waals surface area contributed by atoms with E-state index in [2.05, 4.69) is 14.1 Å². The monoisotopic (exact) mass is 324 g/mol. The zero-order valence-corrected chi connectivity index (χ0v) is 13.2. The van der Waals surface area contributed by atoms with E-state index in [1.807, 2.05) is 6.92 Å². The van der Waals surface area contributed by atoms with Crippen molar-refractivity contribution in [2.75, 3.05) is 19.6 Å². The van der Waals surface area contributed by atoms with Crippen LogP contribution in [0.1, 0.15) is 32.7 Å². The van der Waals surface area contributed by atoms with Gasteiger partial charge < -0.3 is 10.2 Å². The standard InChI is InChI=1S/C13H16N4O2S2/c1-2-8-17(13(19)11-4-6-16-21-11)9-7-14-12(18)10-3-5-15-20-10/h3-6H,2,7-9H2,1H3,(H,14,18). The topological polar surface area (TPSA) is 75.2 Å². The number of amides is 2. The SMILES string of the molecule is CCCN(CCNC(=O)c1ccns1)C(=O)c1ccns1. The molecule has 112 valence electrons. The number of rotatable bonds is 7. The number of aromatic nitrogens is 2. The van der Waals surface area contributed by atoms with Crippen LogP contribution in [-0.4, -0.2) is 45.1 Å². The highest BCUT2D eigenvalue weighted by Crippen LogP contribution is 2.09. The molecular weight excluding hydrogens is 308 g/mol. The maximum atomic E-state index is 12.3. The van der Waals surface area contributed by atoms with Gasteiger partial charge in [0.25, 0.3) is 11.8 Å². The predicted octanol–water partition coefficient (Wildman–Crippen LogP) is 1.88. The van der Waals surface area contributed by atoms with Crippen molar-refractivity contribution in [3.05, 3.63) is 34.3 Å². The molecule has 6 nitrogen and oxygen atoms in total. The van der Waals surface area contributed by atoms with Gasteiger partial charge in [-0.25, -0.2) is 8.75 Å². The van der Waals surface area contributed by atoms with Gasteiger partial charge in [-0.1, -0.05) is 6.92 Å². The van der Waals surface area contributed by atoms with Crippen LogP contribution in [-0.2, 0) is 0 Å². The third-order valence-corrected chi connectivity index (χ3v) is 4.24. The molecule has 8 heteroatoms. The average Bonchev–Trinajstić information content (AvgIpc) is 3.18. The van der Waals surface area contributed by atoms with Crippen molar-refractivity contribution in [2.24, 2.45) is 0 Å². The normalized spacial score (nSPS) is 10.3. The maximum Gasteiger partial charge on any atom is 0.265 e. The van der Waals surface area contributed by atoms with Gasteiger partial charge in [0.1, 0.15) is 9.75 Å². The molecule has 0 atom stereocenters. The van der Waals surface area contributed by atoms with Crippen LogP contribution in [0.5, 0.6) is 0 Å². The number of carbonyl (C=O) groups is 2. The number of hydrogen-bond donors (Lipinski definition) is 1. The fourth-order valence-corrected chi connectivity index (χ4v) is 2.87. The van der Waals surface area contributed by atoms with E-state index in [1.54, 1.807) is 29.4 Å². The third kappa shape index (κ3) is 4.33. The molecule has 0 aliphatic carbocycles. The van der Waals surface area contributed by atoms with Gasteiger partial charge in [0.15, 0.2) is 0 Å². The summed E-state index contributed by atoms with van der Waals surface area (Å²) in [5.74, 6) is -0.189. The molecule has 0 radical (unpaired) electrons. The molecule has 0 bridgehead atoms. The largest absolute Gasteiger partial charge is 0.350 e. The van der Waals surface area contributed by atoms with Crippen molar-refractivity contribution in [1.29, 1.82) is 0 Å². The van der Waals surface area contributed by atoms with Crippen molar-refractivity contribution in [3.8, 4) is 0 Å². The summed E-state index contributed by atoms with van der Waals surface area (Å²) in [4.78, 5) is 27.0. The van der Waals surface area contributed by atoms with Crippen LogP contribution < -0.4 is 5.32 Å². The summed E-state index contributed by atoms with van der Waals surface area (Å²) in [6.07, 6.45) is 4.08. The molecule has 21 heavy (non-hydrogen) atoms. The summed E-state index contributed by atoms with van der Waals surface area (Å²) in [5.41, 5.74) is 0. The Kier molecular flexibility index (Phi) is 5.82. The Hall–Kier alpha value is -1.80. The molecule has 2 aromatic heterocycles. The fraction of sp³-hybridized carbons (Fsp3) is 0.385. The summed E-state index contributed by atoms with van der Waals surface area (Å²) >= 11 is 2.34. The first-order chi connectivity index (χ1) is 10.2. The molecule has 2 heterocycles. The summed E-state index contributed by atoms with van der Waals surface area (Å²) in [6.45, 7) is 3.58. The highest BCUT2D eigenvalue weighted by Gasteiger charge is 2.16. The summed E-state index contributed by atoms with van der Waals surface area (Å²) in [5, 5.41) is 2.80. The van der Waals surface area contributed by atoms with Gasteiger partial charge in [0.2, 0.25) is 0 Å². The Labute approximate surface area is 131 Å². The lowest BCUT2D eigenvalue weighted by Crippen LogP contribution is -2.38. The zero-order valence-electron chi connectivity index (χ0n) is 11.6. The molecule has 0 aliphatic heterocycles. The van der Waals surface area contributed by atoms with E-state index in [0.717, 1.165) is 18.0 Å². The van der Waals surface area contributed by atoms with Crippen LogP contribution in [0.15, 0.2) is 24.5 Å². The lowest BCUT2D eigenvalue weighted by atomic mass is 10.3. The molecule has 0 aliphatic rings. The first kappa shape index (κ1) is 15.6. The highest BCUT2D eigenvalue weighted by atomic mass is 32.1. The second-order valence-electron chi connectivity index (χ2n) is 4.30. The minimum absolute atomic E-state index is 0.0358. The van der Waals surface area contributed by atoms with Crippen LogP contribution in [0.2, 0.25) is 0 Å². The molecule has 2 amide bonds. The summed E-state index contributed by atoms with van der Waals surface area (Å²) in [6, 6.07) is 3.39. The predicted molar refractivity (Wildman–Crippen MR) is 82.8 cm³/mol. The minimum atomic E-state index is -0.154. The molecule has 0 spiro atoms. The van der Waals surface area contributed by atoms with Gasteiger partial charge in [0, 0.05) is 32.0 Å². The number of nitrogens with zero attached hydrogens (tertiary/aromatic N) is 3. The number of carbonyl (C=O) groups excluding carboxylic acids is 2. The van der Waals surface area contributed by atoms with Gasteiger partial charge in [-0.3, -0.25) is 9.59 Å². The van der Waals surface area contributed by atoms with Gasteiger partial charge in [0.05, 0.1) is 0 Å². The zero-order chi connectivity index (χ0) is 15.1. The van der Waals surface area contributed by atoms with Crippen molar-refractivity contribution >= 4 is 34.9 Å². The second kappa shape index (κ2) is 7.84. The first-order valence-electron chi connectivity index (χ1n) is 6.61. The smallest absolute Gasteiger partial charge is 0.265 e. The van der Waals surface area contributed by atoms with Crippen LogP contribution >= 0.6 is 23.1 Å². The number of nitrogens with one attached hydrogen (secondary N) is 1. The Morgan fingerprint density at radius 2 is 1.81 bits per heavy atom. The minimum Gasteiger partial charge on any atom is -0.350 e. The van der Waals surface area contributed by atoms with E-state index in [-0.39, 0.29) is 11.8 Å². The van der Waals surface area contributed by atoms with E-state index in [9.17, 15) is 9.59 Å². The van der Waals surface area contributed by atoms with Crippen LogP contribution in [0.3, 0.4) is 0 Å². The fourth-order valence-electron chi connectivity index (χ4n) is 1.79. The van der Waals surface area contributed by atoms with E-state index >= 15 is 0 Å². The lowest BCUT2D eigenvalue weighted by Gasteiger charge is -2.21. The molecule has 2 rings (SSSR count). The Balaban J connectivity index is 1.85. The van der Waals surface area contributed by atoms with E-state index < -0.39 is 0 Å². The van der Waals surface area contributed by atoms with E-state index in [4.69, 9.17) is 0 Å². The molecule has 0 aromatic carbocycles. The molecule has 0 saturated heterocycles. The van der Waals surface area contributed by atoms with E-state index in [0.29, 0.717) is 29.4 Å². The highest BCUT2D eigenvalue weighted by molar-refractivity contribution is 7.08. The Morgan fingerprint density at radius 1 is 1.14 bits per heavy atom. The van der Waals surface area contributed by atoms with Crippen molar-refractivity contribution in [2.45, 2.75) is 13.3 Å². The van der Waals surface area contributed by atoms with Crippen LogP contribution in [0.25, 0.3) is 0 Å². The van der Waals surface area contributed by atoms with Crippen LogP contribution in [0, 0.1) is 0 Å². The molecule has 0 fully saturated rings. The second-order valence-corrected chi connectivity index (χ2v) is 5.97. The third-order valence-electron chi connectivity index (χ3n) is 2.76. The molecule has 2 aromatic rings. The quantitative estimate of drug-likeness (QED) is 0.844. The van der Waals surface area contributed by atoms with Crippen LogP contribution in [0.4, 0.5) is 0 Å². The molecule has 1 N–H and O–H groups in total. The first-order valence-corrected chi connectivity index (χ1v) is 8.16. The van der Waals surface area contributed by atoms with Crippen molar-refractivity contribution < 1.29 is 9.59 Å². The van der Waals surface area contributed by atoms with Crippen molar-refractivity contribution in [1.82, 2.24) is 19.0 Å². The maximum absolute atomic E-state index is 12.3. The van der Waals surface area contributed by atoms with Gasteiger partial charge in [-0.15, -0.1) is 0 Å². The van der Waals surface area contributed by atoms with Gasteiger partial charge >= 0.3 is 0 Å². The van der Waals surface area contributed by atoms with Gasteiger partial charge in [-0.05, 0) is 41.6 Å². The average molecular weight is 324 g/mol. The summed E-state index contributed by atoms with van der Waals surface area (Å²) < 4.78 is 7.84.